The van der Waals surface area contributed by atoms with Gasteiger partial charge < -0.3 is 15.4 Å². The largest absolute Gasteiger partial charge is 0.454 e. The lowest BCUT2D eigenvalue weighted by molar-refractivity contribution is -0.150. The van der Waals surface area contributed by atoms with E-state index >= 15 is 0 Å². The van der Waals surface area contributed by atoms with Gasteiger partial charge in [-0.15, -0.1) is 11.3 Å². The Bertz CT molecular complexity index is 777. The number of ether oxygens (including phenoxy) is 1. The van der Waals surface area contributed by atoms with E-state index in [0.29, 0.717) is 4.88 Å². The van der Waals surface area contributed by atoms with E-state index in [1.54, 1.807) is 37.4 Å². The number of halogens is 1. The topological polar surface area (TPSA) is 84.5 Å². The summed E-state index contributed by atoms with van der Waals surface area (Å²) in [5.74, 6) is -2.60. The second-order valence-corrected chi connectivity index (χ2v) is 6.76. The molecule has 0 radical (unpaired) electrons. The number of rotatable bonds is 7. The Morgan fingerprint density at radius 2 is 1.88 bits per heavy atom. The maximum atomic E-state index is 13.5. The molecule has 1 aromatic heterocycles. The summed E-state index contributed by atoms with van der Waals surface area (Å²) in [5.41, 5.74) is -0.0000401. The minimum Gasteiger partial charge on any atom is -0.454 e. The molecule has 2 amide bonds. The molecule has 6 nitrogen and oxygen atoms in total. The zero-order valence-electron chi connectivity index (χ0n) is 14.3. The summed E-state index contributed by atoms with van der Waals surface area (Å²) in [6, 6.07) is 8.14. The van der Waals surface area contributed by atoms with Crippen molar-refractivity contribution in [2.75, 3.05) is 11.9 Å². The van der Waals surface area contributed by atoms with Gasteiger partial charge in [-0.25, -0.2) is 9.18 Å². The smallest absolute Gasteiger partial charge is 0.329 e. The Labute approximate surface area is 154 Å². The van der Waals surface area contributed by atoms with Crippen molar-refractivity contribution in [2.45, 2.75) is 19.9 Å². The van der Waals surface area contributed by atoms with Crippen LogP contribution in [0.25, 0.3) is 0 Å². The number of hydrogen-bond donors (Lipinski definition) is 2. The van der Waals surface area contributed by atoms with Crippen LogP contribution in [-0.4, -0.2) is 30.4 Å². The summed E-state index contributed by atoms with van der Waals surface area (Å²) < 4.78 is 18.5. The second kappa shape index (κ2) is 9.10. The molecule has 0 saturated carbocycles. The quantitative estimate of drug-likeness (QED) is 0.726. The molecule has 1 aromatic carbocycles. The summed E-state index contributed by atoms with van der Waals surface area (Å²) in [6.45, 7) is 2.92. The first-order valence-electron chi connectivity index (χ1n) is 7.94. The van der Waals surface area contributed by atoms with E-state index in [4.69, 9.17) is 4.74 Å². The van der Waals surface area contributed by atoms with Gasteiger partial charge in [-0.1, -0.05) is 32.0 Å². The van der Waals surface area contributed by atoms with E-state index in [0.717, 1.165) is 0 Å². The van der Waals surface area contributed by atoms with Gasteiger partial charge in [0.15, 0.2) is 6.61 Å². The number of anilines is 1. The zero-order valence-corrected chi connectivity index (χ0v) is 15.1. The molecule has 0 aliphatic carbocycles. The summed E-state index contributed by atoms with van der Waals surface area (Å²) in [7, 11) is 0. The van der Waals surface area contributed by atoms with E-state index in [-0.39, 0.29) is 17.5 Å². The summed E-state index contributed by atoms with van der Waals surface area (Å²) in [6.07, 6.45) is 0. The molecule has 0 saturated heterocycles. The van der Waals surface area contributed by atoms with E-state index in [1.807, 2.05) is 0 Å². The molecule has 2 aromatic rings. The number of hydrogen-bond acceptors (Lipinski definition) is 5. The third-order valence-electron chi connectivity index (χ3n) is 3.45. The van der Waals surface area contributed by atoms with Crippen LogP contribution in [0.4, 0.5) is 10.1 Å². The lowest BCUT2D eigenvalue weighted by Gasteiger charge is -2.20. The average Bonchev–Trinajstić information content (AvgIpc) is 3.14. The Morgan fingerprint density at radius 1 is 1.15 bits per heavy atom. The second-order valence-electron chi connectivity index (χ2n) is 5.81. The molecule has 0 unspecified atom stereocenters. The highest BCUT2D eigenvalue weighted by Crippen LogP contribution is 2.13. The fourth-order valence-corrected chi connectivity index (χ4v) is 2.72. The van der Waals surface area contributed by atoms with Crippen molar-refractivity contribution >= 4 is 34.8 Å². The first kappa shape index (κ1) is 19.6. The molecule has 138 valence electrons. The van der Waals surface area contributed by atoms with Crippen molar-refractivity contribution in [2.24, 2.45) is 5.92 Å². The fourth-order valence-electron chi connectivity index (χ4n) is 2.09. The molecule has 26 heavy (non-hydrogen) atoms. The molecule has 0 aliphatic rings. The highest BCUT2D eigenvalue weighted by molar-refractivity contribution is 7.12. The van der Waals surface area contributed by atoms with Crippen molar-refractivity contribution in [3.05, 3.63) is 52.5 Å². The summed E-state index contributed by atoms with van der Waals surface area (Å²) >= 11 is 1.25. The number of benzene rings is 1. The number of thiophene rings is 1. The Hall–Kier alpha value is -2.74. The third kappa shape index (κ3) is 5.38. The maximum absolute atomic E-state index is 13.5. The average molecular weight is 378 g/mol. The van der Waals surface area contributed by atoms with Gasteiger partial charge in [0.2, 0.25) is 0 Å². The van der Waals surface area contributed by atoms with Crippen LogP contribution < -0.4 is 10.6 Å². The number of carbonyl (C=O) groups excluding carboxylic acids is 3. The van der Waals surface area contributed by atoms with Crippen LogP contribution >= 0.6 is 11.3 Å². The lowest BCUT2D eigenvalue weighted by Crippen LogP contribution is -2.45. The number of esters is 1. The zero-order chi connectivity index (χ0) is 19.1. The van der Waals surface area contributed by atoms with Gasteiger partial charge in [-0.3, -0.25) is 9.59 Å². The highest BCUT2D eigenvalue weighted by atomic mass is 32.1. The molecule has 2 N–H and O–H groups in total. The van der Waals surface area contributed by atoms with E-state index in [2.05, 4.69) is 10.6 Å². The van der Waals surface area contributed by atoms with Gasteiger partial charge in [0.1, 0.15) is 11.9 Å². The number of nitrogens with one attached hydrogen (secondary N) is 2. The fraction of sp³-hybridized carbons (Fsp3) is 0.278. The van der Waals surface area contributed by atoms with Crippen molar-refractivity contribution in [1.82, 2.24) is 5.32 Å². The summed E-state index contributed by atoms with van der Waals surface area (Å²) in [4.78, 5) is 36.6. The van der Waals surface area contributed by atoms with E-state index in [1.165, 1.54) is 29.5 Å². The van der Waals surface area contributed by atoms with E-state index < -0.39 is 30.3 Å². The van der Waals surface area contributed by atoms with Gasteiger partial charge in [0, 0.05) is 0 Å². The molecular weight excluding hydrogens is 359 g/mol. The Balaban J connectivity index is 1.90. The van der Waals surface area contributed by atoms with E-state index in [9.17, 15) is 18.8 Å². The van der Waals surface area contributed by atoms with Crippen LogP contribution in [0, 0.1) is 11.7 Å². The molecule has 0 spiro atoms. The third-order valence-corrected chi connectivity index (χ3v) is 4.31. The minimum absolute atomic E-state index is 0.0000401. The molecule has 2 rings (SSSR count). The van der Waals surface area contributed by atoms with Crippen LogP contribution in [0.2, 0.25) is 0 Å². The Morgan fingerprint density at radius 3 is 2.50 bits per heavy atom. The summed E-state index contributed by atoms with van der Waals surface area (Å²) in [5, 5.41) is 6.68. The van der Waals surface area contributed by atoms with Crippen molar-refractivity contribution in [3.63, 3.8) is 0 Å². The number of para-hydroxylation sites is 1. The van der Waals surface area contributed by atoms with Crippen molar-refractivity contribution in [3.8, 4) is 0 Å². The monoisotopic (exact) mass is 378 g/mol. The van der Waals surface area contributed by atoms with Crippen LogP contribution in [0.3, 0.4) is 0 Å². The van der Waals surface area contributed by atoms with Crippen molar-refractivity contribution in [1.29, 1.82) is 0 Å². The molecule has 0 bridgehead atoms. The van der Waals surface area contributed by atoms with Crippen LogP contribution in [0.15, 0.2) is 41.8 Å². The van der Waals surface area contributed by atoms with Gasteiger partial charge in [-0.2, -0.15) is 0 Å². The lowest BCUT2D eigenvalue weighted by atomic mass is 10.0. The first-order valence-corrected chi connectivity index (χ1v) is 8.82. The van der Waals surface area contributed by atoms with Crippen LogP contribution in [-0.2, 0) is 14.3 Å². The molecule has 0 aliphatic heterocycles. The number of amides is 2. The van der Waals surface area contributed by atoms with Crippen molar-refractivity contribution < 1.29 is 23.5 Å². The predicted octanol–water partition coefficient (Wildman–Crippen LogP) is 2.82. The minimum atomic E-state index is -0.897. The van der Waals surface area contributed by atoms with Crippen LogP contribution in [0.1, 0.15) is 23.5 Å². The van der Waals surface area contributed by atoms with Gasteiger partial charge in [0.05, 0.1) is 10.6 Å². The molecule has 8 heteroatoms. The first-order chi connectivity index (χ1) is 12.4. The van der Waals surface area contributed by atoms with Crippen LogP contribution in [0.5, 0.6) is 0 Å². The van der Waals surface area contributed by atoms with Gasteiger partial charge in [0.25, 0.3) is 11.8 Å². The highest BCUT2D eigenvalue weighted by Gasteiger charge is 2.27. The number of carbonyl (C=O) groups is 3. The predicted molar refractivity (Wildman–Crippen MR) is 96.4 cm³/mol. The SMILES string of the molecule is CC(C)[C@H](NC(=O)c1cccs1)C(=O)OCC(=O)Nc1ccccc1F. The molecule has 0 fully saturated rings. The Kier molecular flexibility index (Phi) is 6.85. The molecule has 1 heterocycles. The van der Waals surface area contributed by atoms with Gasteiger partial charge in [-0.05, 0) is 29.5 Å². The normalized spacial score (nSPS) is 11.7. The van der Waals surface area contributed by atoms with Gasteiger partial charge >= 0.3 is 5.97 Å². The molecule has 1 atom stereocenters. The molecular formula is C18H19FN2O4S. The maximum Gasteiger partial charge on any atom is 0.329 e. The standard InChI is InChI=1S/C18H19FN2O4S/c1-11(2)16(21-17(23)14-8-5-9-26-14)18(24)25-10-15(22)20-13-7-4-3-6-12(13)19/h3-9,11,16H,10H2,1-2H3,(H,20,22)(H,21,23)/t16-/m0/s1.